The van der Waals surface area contributed by atoms with Gasteiger partial charge in [-0.1, -0.05) is 0 Å². The van der Waals surface area contributed by atoms with E-state index in [9.17, 15) is 0 Å². The third-order valence-electron chi connectivity index (χ3n) is 0.923. The predicted molar refractivity (Wildman–Crippen MR) is 51.2 cm³/mol. The van der Waals surface area contributed by atoms with Crippen LogP contribution in [0.2, 0.25) is 0 Å². The van der Waals surface area contributed by atoms with Crippen LogP contribution in [0.5, 0.6) is 0 Å². The molecule has 0 aliphatic heterocycles. The van der Waals surface area contributed by atoms with Crippen LogP contribution in [0.3, 0.4) is 0 Å². The number of rotatable bonds is 0. The molecule has 0 spiro atoms. The third-order valence-corrected chi connectivity index (χ3v) is 1.77. The number of hydrogen-bond acceptors (Lipinski definition) is 0. The molecular weight excluding hydrogens is 185 g/mol. The first-order valence-corrected chi connectivity index (χ1v) is 3.82. The summed E-state index contributed by atoms with van der Waals surface area (Å²) >= 11 is 11.4. The van der Waals surface area contributed by atoms with Crippen molar-refractivity contribution in [2.24, 2.45) is 0 Å². The molecule has 0 N–H and O–H groups in total. The van der Waals surface area contributed by atoms with E-state index in [-0.39, 0.29) is 0 Å². The van der Waals surface area contributed by atoms with Crippen molar-refractivity contribution in [2.75, 3.05) is 28.2 Å². The fraction of sp³-hybridized carbons (Fsp3) is 0.667. The van der Waals surface area contributed by atoms with Gasteiger partial charge in [0, 0.05) is 23.2 Å². The Morgan fingerprint density at radius 2 is 1.18 bits per heavy atom. The van der Waals surface area contributed by atoms with E-state index >= 15 is 0 Å². The van der Waals surface area contributed by atoms with E-state index in [1.807, 2.05) is 0 Å². The molecule has 11 heavy (non-hydrogen) atoms. The maximum Gasteiger partial charge on any atom is 0.384 e. The summed E-state index contributed by atoms with van der Waals surface area (Å²) < 4.78 is 3.89. The lowest BCUT2D eigenvalue weighted by Crippen LogP contribution is -2.24. The summed E-state index contributed by atoms with van der Waals surface area (Å²) in [6.45, 7) is 0. The molecule has 0 saturated heterocycles. The molecule has 0 aromatic carbocycles. The molecule has 64 valence electrons. The zero-order valence-electron chi connectivity index (χ0n) is 7.10. The Bertz CT molecular complexity index is 174. The number of halogens is 2. The van der Waals surface area contributed by atoms with E-state index in [1.165, 1.54) is 0 Å². The molecule has 0 aliphatic rings. The van der Waals surface area contributed by atoms with Crippen LogP contribution in [0.25, 0.3) is 0 Å². The third kappa shape index (κ3) is 4.14. The van der Waals surface area contributed by atoms with Crippen molar-refractivity contribution < 1.29 is 0 Å². The van der Waals surface area contributed by atoms with Crippen LogP contribution in [0.4, 0.5) is 0 Å². The largest absolute Gasteiger partial charge is 0.384 e. The molecule has 3 nitrogen and oxygen atoms in total. The van der Waals surface area contributed by atoms with Gasteiger partial charge in [0.1, 0.15) is 0 Å². The second-order valence-electron chi connectivity index (χ2n) is 2.44. The predicted octanol–water partition coefficient (Wildman–Crippen LogP) is 0.366. The van der Waals surface area contributed by atoms with Crippen LogP contribution in [0.1, 0.15) is 0 Å². The van der Waals surface area contributed by atoms with Crippen LogP contribution in [-0.4, -0.2) is 48.6 Å². The highest BCUT2D eigenvalue weighted by atomic mass is 35.5. The topological polar surface area (TPSA) is 20.6 Å². The summed E-state index contributed by atoms with van der Waals surface area (Å²) in [5, 5.41) is 0.729. The monoisotopic (exact) mass is 196 g/mol. The molecule has 0 amide bonds. The van der Waals surface area contributed by atoms with Gasteiger partial charge in [0.15, 0.2) is 0 Å². The van der Waals surface area contributed by atoms with Crippen molar-refractivity contribution >= 4 is 33.8 Å². The van der Waals surface area contributed by atoms with Crippen LogP contribution >= 0.6 is 23.2 Å². The van der Waals surface area contributed by atoms with Crippen molar-refractivity contribution in [3.63, 3.8) is 0 Å². The highest BCUT2D eigenvalue weighted by molar-refractivity contribution is 6.68. The fourth-order valence-corrected chi connectivity index (χ4v) is 0.479. The van der Waals surface area contributed by atoms with Gasteiger partial charge in [0.2, 0.25) is 0 Å². The van der Waals surface area contributed by atoms with Gasteiger partial charge in [0.05, 0.1) is 28.2 Å². The Morgan fingerprint density at radius 3 is 1.36 bits per heavy atom. The fourth-order valence-electron chi connectivity index (χ4n) is 0.276. The summed E-state index contributed by atoms with van der Waals surface area (Å²) in [7, 11) is 7.19. The summed E-state index contributed by atoms with van der Waals surface area (Å²) in [6, 6.07) is 0. The van der Waals surface area contributed by atoms with E-state index < -0.39 is 0 Å². The highest BCUT2D eigenvalue weighted by Crippen LogP contribution is 1.86. The van der Waals surface area contributed by atoms with Crippen LogP contribution in [0.15, 0.2) is 0 Å². The number of nitrogens with zero attached hydrogens (tertiary/aromatic N) is 3. The lowest BCUT2D eigenvalue weighted by molar-refractivity contribution is 0.620. The number of amidine groups is 2. The standard InChI is InChI=1S/C6H12Cl2N3/c1-10(2)5(7)9-6(8)11(3)4/h1-4H3/q+1. The van der Waals surface area contributed by atoms with Gasteiger partial charge in [-0.2, -0.15) is 0 Å². The molecule has 0 atom stereocenters. The van der Waals surface area contributed by atoms with Gasteiger partial charge in [-0.05, 0) is 0 Å². The second-order valence-corrected chi connectivity index (χ2v) is 3.11. The zero-order valence-corrected chi connectivity index (χ0v) is 8.61. The molecule has 0 fully saturated rings. The zero-order chi connectivity index (χ0) is 9.02. The first kappa shape index (κ1) is 10.6. The minimum atomic E-state index is 0.365. The maximum absolute atomic E-state index is 5.70. The molecule has 0 bridgehead atoms. The van der Waals surface area contributed by atoms with Crippen LogP contribution in [0, 0.1) is 0 Å². The molecule has 0 saturated carbocycles. The minimum absolute atomic E-state index is 0.365. The molecular formula is C6H12Cl2N3+. The van der Waals surface area contributed by atoms with E-state index in [4.69, 9.17) is 23.2 Å². The molecule has 0 aromatic heterocycles. The van der Waals surface area contributed by atoms with Gasteiger partial charge in [-0.3, -0.25) is 9.80 Å². The summed E-state index contributed by atoms with van der Waals surface area (Å²) in [6.07, 6.45) is 0. The Labute approximate surface area is 76.9 Å². The maximum atomic E-state index is 5.70. The summed E-state index contributed by atoms with van der Waals surface area (Å²) in [5.74, 6) is 0. The minimum Gasteiger partial charge on any atom is -0.274 e. The SMILES string of the molecule is CN(C)C(Cl)=[N+]=C(Cl)N(C)C. The quantitative estimate of drug-likeness (QED) is 0.242. The van der Waals surface area contributed by atoms with E-state index in [0.717, 1.165) is 0 Å². The lowest BCUT2D eigenvalue weighted by atomic mass is 10.9. The van der Waals surface area contributed by atoms with Crippen molar-refractivity contribution in [1.82, 2.24) is 14.5 Å². The molecule has 0 heterocycles. The molecule has 0 rings (SSSR count). The van der Waals surface area contributed by atoms with Crippen LogP contribution in [-0.2, 0) is 0 Å². The normalized spacial score (nSPS) is 8.55. The van der Waals surface area contributed by atoms with Crippen molar-refractivity contribution in [3.05, 3.63) is 0 Å². The molecule has 0 aliphatic carbocycles. The highest BCUT2D eigenvalue weighted by Gasteiger charge is 2.07. The molecule has 0 unspecified atom stereocenters. The second kappa shape index (κ2) is 4.50. The van der Waals surface area contributed by atoms with Crippen molar-refractivity contribution in [3.8, 4) is 0 Å². The van der Waals surface area contributed by atoms with E-state index in [1.54, 1.807) is 38.0 Å². The average molecular weight is 197 g/mol. The van der Waals surface area contributed by atoms with Crippen LogP contribution < -0.4 is 4.67 Å². The average Bonchev–Trinajstić information content (AvgIpc) is 1.87. The Hall–Kier alpha value is -0.370. The van der Waals surface area contributed by atoms with E-state index in [2.05, 4.69) is 4.67 Å². The lowest BCUT2D eigenvalue weighted by Gasteiger charge is -2.00. The van der Waals surface area contributed by atoms with Gasteiger partial charge in [-0.25, -0.2) is 4.67 Å². The van der Waals surface area contributed by atoms with Crippen molar-refractivity contribution in [2.45, 2.75) is 0 Å². The summed E-state index contributed by atoms with van der Waals surface area (Å²) in [5.41, 5.74) is 0. The Kier molecular flexibility index (Phi) is 4.34. The van der Waals surface area contributed by atoms with Gasteiger partial charge >= 0.3 is 10.6 Å². The molecule has 0 aromatic rings. The molecule has 5 heteroatoms. The first-order chi connectivity index (χ1) is 4.95. The number of hydrogen-bond donors (Lipinski definition) is 0. The van der Waals surface area contributed by atoms with Crippen molar-refractivity contribution in [1.29, 1.82) is 0 Å². The Balaban J connectivity index is 4.60. The smallest absolute Gasteiger partial charge is 0.274 e. The molecule has 0 radical (unpaired) electrons. The van der Waals surface area contributed by atoms with Gasteiger partial charge < -0.3 is 0 Å². The van der Waals surface area contributed by atoms with E-state index in [0.29, 0.717) is 10.6 Å². The summed E-state index contributed by atoms with van der Waals surface area (Å²) in [4.78, 5) is 3.35. The Morgan fingerprint density at radius 1 is 0.909 bits per heavy atom. The first-order valence-electron chi connectivity index (χ1n) is 3.06. The van der Waals surface area contributed by atoms with Gasteiger partial charge in [-0.15, -0.1) is 0 Å². The van der Waals surface area contributed by atoms with Gasteiger partial charge in [0.25, 0.3) is 0 Å².